The van der Waals surface area contributed by atoms with Crippen molar-refractivity contribution < 1.29 is 19.4 Å². The number of aromatic carboxylic acids is 1. The molecule has 1 rings (SSSR count). The summed E-state index contributed by atoms with van der Waals surface area (Å²) in [6.07, 6.45) is 0. The lowest BCUT2D eigenvalue weighted by molar-refractivity contribution is -0.149. The topological polar surface area (TPSA) is 63.6 Å². The van der Waals surface area contributed by atoms with E-state index in [2.05, 4.69) is 0 Å². The number of benzene rings is 1. The molecule has 1 aromatic rings. The van der Waals surface area contributed by atoms with Crippen molar-refractivity contribution >= 4 is 23.7 Å². The molecule has 0 atom stereocenters. The minimum absolute atomic E-state index is 0.253. The third-order valence-corrected chi connectivity index (χ3v) is 3.98. The van der Waals surface area contributed by atoms with Crippen LogP contribution < -0.4 is 0 Å². The largest absolute Gasteiger partial charge is 0.478 e. The summed E-state index contributed by atoms with van der Waals surface area (Å²) < 4.78 is 4.71. The Labute approximate surface area is 110 Å². The van der Waals surface area contributed by atoms with Crippen molar-refractivity contribution in [3.8, 4) is 0 Å². The lowest BCUT2D eigenvalue weighted by atomic mass is 9.97. The Kier molecular flexibility index (Phi) is 4.78. The summed E-state index contributed by atoms with van der Waals surface area (Å²) in [5, 5.41) is 9.05. The van der Waals surface area contributed by atoms with Crippen molar-refractivity contribution in [1.29, 1.82) is 0 Å². The third-order valence-electron chi connectivity index (χ3n) is 2.44. The molecule has 0 saturated heterocycles. The van der Waals surface area contributed by atoms with Crippen molar-refractivity contribution in [3.05, 3.63) is 29.8 Å². The molecule has 0 heterocycles. The van der Waals surface area contributed by atoms with E-state index in [-0.39, 0.29) is 11.5 Å². The van der Waals surface area contributed by atoms with Gasteiger partial charge in [-0.3, -0.25) is 4.79 Å². The Morgan fingerprint density at radius 3 is 2.50 bits per heavy atom. The molecule has 4 nitrogen and oxygen atoms in total. The molecule has 0 spiro atoms. The van der Waals surface area contributed by atoms with Gasteiger partial charge in [-0.05, 0) is 26.0 Å². The first kappa shape index (κ1) is 14.6. The summed E-state index contributed by atoms with van der Waals surface area (Å²) in [5.41, 5.74) is -0.395. The molecule has 0 saturated carbocycles. The highest BCUT2D eigenvalue weighted by Gasteiger charge is 2.29. The van der Waals surface area contributed by atoms with Crippen molar-refractivity contribution in [2.75, 3.05) is 12.9 Å². The molecule has 0 bridgehead atoms. The van der Waals surface area contributed by atoms with Crippen molar-refractivity contribution in [2.45, 2.75) is 18.7 Å². The molecule has 0 unspecified atom stereocenters. The number of thioether (sulfide) groups is 1. The second kappa shape index (κ2) is 5.91. The van der Waals surface area contributed by atoms with Crippen LogP contribution >= 0.6 is 11.8 Å². The smallest absolute Gasteiger partial charge is 0.336 e. The Morgan fingerprint density at radius 2 is 1.94 bits per heavy atom. The standard InChI is InChI=1S/C13H16O4S/c1-13(2,12(16)17-3)8-18-10-7-5-4-6-9(10)11(14)15/h4-7H,8H2,1-3H3,(H,14,15). The van der Waals surface area contributed by atoms with E-state index >= 15 is 0 Å². The van der Waals surface area contributed by atoms with Crippen LogP contribution in [0.1, 0.15) is 24.2 Å². The predicted octanol–water partition coefficient (Wildman–Crippen LogP) is 2.68. The maximum absolute atomic E-state index is 11.5. The fourth-order valence-corrected chi connectivity index (χ4v) is 2.48. The molecular weight excluding hydrogens is 252 g/mol. The molecule has 0 radical (unpaired) electrons. The van der Waals surface area contributed by atoms with Crippen LogP contribution in [-0.4, -0.2) is 29.9 Å². The summed E-state index contributed by atoms with van der Waals surface area (Å²) in [4.78, 5) is 23.2. The Morgan fingerprint density at radius 1 is 1.33 bits per heavy atom. The minimum Gasteiger partial charge on any atom is -0.478 e. The molecule has 0 aliphatic heterocycles. The molecule has 1 aromatic carbocycles. The molecule has 18 heavy (non-hydrogen) atoms. The van der Waals surface area contributed by atoms with Crippen LogP contribution in [0.3, 0.4) is 0 Å². The monoisotopic (exact) mass is 268 g/mol. The highest BCUT2D eigenvalue weighted by atomic mass is 32.2. The van der Waals surface area contributed by atoms with Gasteiger partial charge in [0.25, 0.3) is 0 Å². The maximum atomic E-state index is 11.5. The number of hydrogen-bond donors (Lipinski definition) is 1. The van der Waals surface area contributed by atoms with Crippen LogP contribution in [0.15, 0.2) is 29.2 Å². The van der Waals surface area contributed by atoms with Gasteiger partial charge in [-0.15, -0.1) is 11.8 Å². The molecule has 1 N–H and O–H groups in total. The van der Waals surface area contributed by atoms with E-state index in [0.717, 1.165) is 0 Å². The molecule has 5 heteroatoms. The fourth-order valence-electron chi connectivity index (χ4n) is 1.36. The number of ether oxygens (including phenoxy) is 1. The molecule has 0 aliphatic carbocycles. The van der Waals surface area contributed by atoms with E-state index in [1.807, 2.05) is 0 Å². The minimum atomic E-state index is -0.964. The molecular formula is C13H16O4S. The number of esters is 1. The van der Waals surface area contributed by atoms with Crippen LogP contribution in [0.25, 0.3) is 0 Å². The second-order valence-corrected chi connectivity index (χ2v) is 5.48. The maximum Gasteiger partial charge on any atom is 0.336 e. The Hall–Kier alpha value is -1.49. The second-order valence-electron chi connectivity index (χ2n) is 4.47. The molecule has 0 amide bonds. The first-order chi connectivity index (χ1) is 8.38. The van der Waals surface area contributed by atoms with Gasteiger partial charge in [0, 0.05) is 10.6 Å². The lowest BCUT2D eigenvalue weighted by Gasteiger charge is -2.21. The van der Waals surface area contributed by atoms with Crippen molar-refractivity contribution in [3.63, 3.8) is 0 Å². The molecule has 98 valence electrons. The summed E-state index contributed by atoms with van der Waals surface area (Å²) in [6.45, 7) is 3.55. The SMILES string of the molecule is COC(=O)C(C)(C)CSc1ccccc1C(=O)O. The number of hydrogen-bond acceptors (Lipinski definition) is 4. The van der Waals surface area contributed by atoms with E-state index in [1.54, 1.807) is 38.1 Å². The van der Waals surface area contributed by atoms with Crippen LogP contribution in [-0.2, 0) is 9.53 Å². The van der Waals surface area contributed by atoms with Gasteiger partial charge in [0.1, 0.15) is 0 Å². The van der Waals surface area contributed by atoms with Crippen LogP contribution in [0.2, 0.25) is 0 Å². The molecule has 0 aromatic heterocycles. The average molecular weight is 268 g/mol. The van der Waals surface area contributed by atoms with Crippen molar-refractivity contribution in [2.24, 2.45) is 5.41 Å². The number of carboxylic acids is 1. The van der Waals surface area contributed by atoms with Crippen LogP contribution in [0, 0.1) is 5.41 Å². The summed E-state index contributed by atoms with van der Waals surface area (Å²) in [7, 11) is 1.35. The van der Waals surface area contributed by atoms with Gasteiger partial charge in [0.2, 0.25) is 0 Å². The average Bonchev–Trinajstić information content (AvgIpc) is 2.35. The first-order valence-corrected chi connectivity index (χ1v) is 6.40. The Bertz CT molecular complexity index is 454. The van der Waals surface area contributed by atoms with Gasteiger partial charge in [0.05, 0.1) is 18.1 Å². The van der Waals surface area contributed by atoms with Gasteiger partial charge in [0.15, 0.2) is 0 Å². The fraction of sp³-hybridized carbons (Fsp3) is 0.385. The van der Waals surface area contributed by atoms with Gasteiger partial charge in [-0.1, -0.05) is 12.1 Å². The number of carbonyl (C=O) groups is 2. The molecule has 0 fully saturated rings. The number of carboxylic acid groups (broad SMARTS) is 1. The Balaban J connectivity index is 2.81. The zero-order valence-electron chi connectivity index (χ0n) is 10.6. The molecule has 0 aliphatic rings. The zero-order valence-corrected chi connectivity index (χ0v) is 11.4. The van der Waals surface area contributed by atoms with E-state index < -0.39 is 11.4 Å². The first-order valence-electron chi connectivity index (χ1n) is 5.42. The number of rotatable bonds is 5. The summed E-state index contributed by atoms with van der Waals surface area (Å²) in [5.74, 6) is -0.805. The van der Waals surface area contributed by atoms with Gasteiger partial charge >= 0.3 is 11.9 Å². The van der Waals surface area contributed by atoms with E-state index in [9.17, 15) is 9.59 Å². The lowest BCUT2D eigenvalue weighted by Crippen LogP contribution is -2.28. The summed E-state index contributed by atoms with van der Waals surface area (Å²) >= 11 is 1.34. The van der Waals surface area contributed by atoms with Crippen LogP contribution in [0.5, 0.6) is 0 Å². The van der Waals surface area contributed by atoms with Gasteiger partial charge in [-0.2, -0.15) is 0 Å². The highest BCUT2D eigenvalue weighted by molar-refractivity contribution is 7.99. The van der Waals surface area contributed by atoms with Crippen molar-refractivity contribution in [1.82, 2.24) is 0 Å². The number of carbonyl (C=O) groups excluding carboxylic acids is 1. The van der Waals surface area contributed by atoms with Crippen LogP contribution in [0.4, 0.5) is 0 Å². The van der Waals surface area contributed by atoms with Gasteiger partial charge < -0.3 is 9.84 Å². The normalized spacial score (nSPS) is 11.1. The van der Waals surface area contributed by atoms with E-state index in [4.69, 9.17) is 9.84 Å². The zero-order chi connectivity index (χ0) is 13.8. The quantitative estimate of drug-likeness (QED) is 0.657. The number of methoxy groups -OCH3 is 1. The predicted molar refractivity (Wildman–Crippen MR) is 69.9 cm³/mol. The van der Waals surface area contributed by atoms with E-state index in [0.29, 0.717) is 10.6 Å². The third kappa shape index (κ3) is 3.50. The van der Waals surface area contributed by atoms with E-state index in [1.165, 1.54) is 18.9 Å². The van der Waals surface area contributed by atoms with Gasteiger partial charge in [-0.25, -0.2) is 4.79 Å². The highest BCUT2D eigenvalue weighted by Crippen LogP contribution is 2.30. The summed E-state index contributed by atoms with van der Waals surface area (Å²) in [6, 6.07) is 6.75.